The summed E-state index contributed by atoms with van der Waals surface area (Å²) in [6.07, 6.45) is 2.06. The van der Waals surface area contributed by atoms with Crippen molar-refractivity contribution < 1.29 is 14.3 Å². The zero-order valence-electron chi connectivity index (χ0n) is 16.3. The van der Waals surface area contributed by atoms with E-state index in [0.717, 1.165) is 24.3 Å². The molecule has 6 nitrogen and oxygen atoms in total. The van der Waals surface area contributed by atoms with Gasteiger partial charge >= 0.3 is 0 Å². The van der Waals surface area contributed by atoms with E-state index in [0.29, 0.717) is 17.9 Å². The van der Waals surface area contributed by atoms with Crippen molar-refractivity contribution in [3.05, 3.63) is 54.1 Å². The summed E-state index contributed by atoms with van der Waals surface area (Å²) in [7, 11) is 1.70. The molecule has 2 amide bonds. The van der Waals surface area contributed by atoms with Gasteiger partial charge in [-0.2, -0.15) is 0 Å². The van der Waals surface area contributed by atoms with E-state index in [1.807, 2.05) is 0 Å². The Kier molecular flexibility index (Phi) is 7.95. The highest BCUT2D eigenvalue weighted by atomic mass is 32.1. The van der Waals surface area contributed by atoms with Gasteiger partial charge in [-0.3, -0.25) is 14.9 Å². The largest absolute Gasteiger partial charge is 0.494 e. The fraction of sp³-hybridized carbons (Fsp3) is 0.286. The third-order valence-corrected chi connectivity index (χ3v) is 4.30. The van der Waals surface area contributed by atoms with E-state index >= 15 is 0 Å². The van der Waals surface area contributed by atoms with Crippen LogP contribution in [0.3, 0.4) is 0 Å². The van der Waals surface area contributed by atoms with Crippen LogP contribution in [-0.4, -0.2) is 30.6 Å². The molecule has 0 bridgehead atoms. The number of thiocarbonyl (C=S) groups is 1. The molecule has 0 aliphatic heterocycles. The Morgan fingerprint density at radius 3 is 2.29 bits per heavy atom. The predicted molar refractivity (Wildman–Crippen MR) is 116 cm³/mol. The number of ether oxygens (including phenoxy) is 1. The summed E-state index contributed by atoms with van der Waals surface area (Å²) in [5.74, 6) is 0.386. The highest BCUT2D eigenvalue weighted by Gasteiger charge is 2.09. The minimum atomic E-state index is -0.300. The van der Waals surface area contributed by atoms with Gasteiger partial charge in [0, 0.05) is 30.9 Å². The van der Waals surface area contributed by atoms with Crippen LogP contribution < -0.4 is 20.3 Å². The molecule has 0 heterocycles. The molecule has 0 saturated carbocycles. The molecule has 2 N–H and O–H groups in total. The van der Waals surface area contributed by atoms with Gasteiger partial charge in [0.15, 0.2) is 5.11 Å². The maximum absolute atomic E-state index is 12.3. The molecular weight excluding hydrogens is 374 g/mol. The van der Waals surface area contributed by atoms with Gasteiger partial charge in [-0.05, 0) is 67.2 Å². The first-order valence-corrected chi connectivity index (χ1v) is 9.51. The van der Waals surface area contributed by atoms with Crippen LogP contribution >= 0.6 is 12.2 Å². The molecule has 0 saturated heterocycles. The highest BCUT2D eigenvalue weighted by Crippen LogP contribution is 2.17. The number of anilines is 2. The van der Waals surface area contributed by atoms with Crippen LogP contribution in [0, 0.1) is 0 Å². The maximum Gasteiger partial charge on any atom is 0.257 e. The van der Waals surface area contributed by atoms with Gasteiger partial charge in [0.2, 0.25) is 5.91 Å². The number of nitrogens with zero attached hydrogens (tertiary/aromatic N) is 1. The molecule has 2 rings (SSSR count). The van der Waals surface area contributed by atoms with Crippen LogP contribution in [0.4, 0.5) is 11.4 Å². The van der Waals surface area contributed by atoms with Crippen LogP contribution in [0.5, 0.6) is 5.75 Å². The summed E-state index contributed by atoms with van der Waals surface area (Å²) in [4.78, 5) is 25.2. The molecule has 0 fully saturated rings. The summed E-state index contributed by atoms with van der Waals surface area (Å²) in [6.45, 7) is 4.27. The Bertz CT molecular complexity index is 820. The number of hydrogen-bond donors (Lipinski definition) is 2. The molecule has 28 heavy (non-hydrogen) atoms. The van der Waals surface area contributed by atoms with Crippen molar-refractivity contribution in [1.82, 2.24) is 5.32 Å². The van der Waals surface area contributed by atoms with Gasteiger partial charge in [-0.15, -0.1) is 0 Å². The van der Waals surface area contributed by atoms with Crippen LogP contribution in [-0.2, 0) is 4.79 Å². The quantitative estimate of drug-likeness (QED) is 0.544. The van der Waals surface area contributed by atoms with E-state index in [-0.39, 0.29) is 16.9 Å². The maximum atomic E-state index is 12.3. The third-order valence-electron chi connectivity index (χ3n) is 4.09. The van der Waals surface area contributed by atoms with Crippen LogP contribution in [0.15, 0.2) is 48.5 Å². The van der Waals surface area contributed by atoms with Gasteiger partial charge in [0.25, 0.3) is 5.91 Å². The normalized spacial score (nSPS) is 10.1. The van der Waals surface area contributed by atoms with Crippen molar-refractivity contribution in [2.45, 2.75) is 26.7 Å². The van der Waals surface area contributed by atoms with E-state index in [2.05, 4.69) is 17.6 Å². The topological polar surface area (TPSA) is 70.7 Å². The van der Waals surface area contributed by atoms with Crippen molar-refractivity contribution in [2.75, 3.05) is 23.9 Å². The molecule has 0 aromatic heterocycles. The molecule has 0 atom stereocenters. The van der Waals surface area contributed by atoms with Gasteiger partial charge in [0.05, 0.1) is 6.61 Å². The lowest BCUT2D eigenvalue weighted by Gasteiger charge is -2.16. The number of hydrogen-bond acceptors (Lipinski definition) is 4. The first-order chi connectivity index (χ1) is 13.4. The monoisotopic (exact) mass is 399 g/mol. The Hall–Kier alpha value is -2.93. The Labute approximate surface area is 170 Å². The van der Waals surface area contributed by atoms with Crippen molar-refractivity contribution >= 4 is 40.5 Å². The summed E-state index contributed by atoms with van der Waals surface area (Å²) in [6, 6.07) is 14.1. The first kappa shape index (κ1) is 21.4. The van der Waals surface area contributed by atoms with E-state index in [9.17, 15) is 9.59 Å². The summed E-state index contributed by atoms with van der Waals surface area (Å²) in [5, 5.41) is 5.80. The van der Waals surface area contributed by atoms with Crippen molar-refractivity contribution in [3.63, 3.8) is 0 Å². The van der Waals surface area contributed by atoms with Gasteiger partial charge in [0.1, 0.15) is 5.75 Å². The SMILES string of the molecule is CCCCOc1ccc(C(=O)NC(=S)Nc2ccc(N(C)C(C)=O)cc2)cc1. The lowest BCUT2D eigenvalue weighted by molar-refractivity contribution is -0.116. The molecule has 2 aromatic rings. The van der Waals surface area contributed by atoms with E-state index < -0.39 is 0 Å². The molecule has 0 spiro atoms. The standard InChI is InChI=1S/C21H25N3O3S/c1-4-5-14-27-19-12-6-16(7-13-19)20(26)23-21(28)22-17-8-10-18(11-9-17)24(3)15(2)25/h6-13H,4-5,14H2,1-3H3,(H2,22,23,26,28). The number of amides is 2. The molecule has 0 aliphatic carbocycles. The lowest BCUT2D eigenvalue weighted by Crippen LogP contribution is -2.34. The van der Waals surface area contributed by atoms with Crippen molar-refractivity contribution in [2.24, 2.45) is 0 Å². The molecule has 7 heteroatoms. The number of benzene rings is 2. The van der Waals surface area contributed by atoms with E-state index in [1.165, 1.54) is 6.92 Å². The Balaban J connectivity index is 1.88. The van der Waals surface area contributed by atoms with Crippen LogP contribution in [0.1, 0.15) is 37.0 Å². The molecule has 148 valence electrons. The molecular formula is C21H25N3O3S. The summed E-state index contributed by atoms with van der Waals surface area (Å²) in [5.41, 5.74) is 1.98. The fourth-order valence-corrected chi connectivity index (χ4v) is 2.54. The average Bonchev–Trinajstić information content (AvgIpc) is 2.68. The molecule has 0 unspecified atom stereocenters. The second-order valence-corrected chi connectivity index (χ2v) is 6.67. The van der Waals surface area contributed by atoms with Gasteiger partial charge < -0.3 is 15.0 Å². The zero-order chi connectivity index (χ0) is 20.5. The highest BCUT2D eigenvalue weighted by molar-refractivity contribution is 7.80. The minimum absolute atomic E-state index is 0.0507. The fourth-order valence-electron chi connectivity index (χ4n) is 2.32. The second kappa shape index (κ2) is 10.4. The van der Waals surface area contributed by atoms with E-state index in [4.69, 9.17) is 17.0 Å². The van der Waals surface area contributed by atoms with Crippen LogP contribution in [0.25, 0.3) is 0 Å². The second-order valence-electron chi connectivity index (χ2n) is 6.26. The number of nitrogens with one attached hydrogen (secondary N) is 2. The summed E-state index contributed by atoms with van der Waals surface area (Å²) < 4.78 is 5.59. The number of unbranched alkanes of at least 4 members (excludes halogenated alkanes) is 1. The number of rotatable bonds is 7. The van der Waals surface area contributed by atoms with Crippen molar-refractivity contribution in [1.29, 1.82) is 0 Å². The number of carbonyl (C=O) groups is 2. The van der Waals surface area contributed by atoms with Gasteiger partial charge in [-0.1, -0.05) is 13.3 Å². The van der Waals surface area contributed by atoms with Crippen LogP contribution in [0.2, 0.25) is 0 Å². The van der Waals surface area contributed by atoms with E-state index in [1.54, 1.807) is 60.5 Å². The molecule has 0 radical (unpaired) electrons. The minimum Gasteiger partial charge on any atom is -0.494 e. The van der Waals surface area contributed by atoms with Crippen molar-refractivity contribution in [3.8, 4) is 5.75 Å². The zero-order valence-corrected chi connectivity index (χ0v) is 17.1. The lowest BCUT2D eigenvalue weighted by atomic mass is 10.2. The Morgan fingerprint density at radius 2 is 1.71 bits per heavy atom. The third kappa shape index (κ3) is 6.35. The van der Waals surface area contributed by atoms with Gasteiger partial charge in [-0.25, -0.2) is 0 Å². The average molecular weight is 400 g/mol. The molecule has 0 aliphatic rings. The smallest absolute Gasteiger partial charge is 0.257 e. The number of carbonyl (C=O) groups excluding carboxylic acids is 2. The molecule has 2 aromatic carbocycles. The Morgan fingerprint density at radius 1 is 1.07 bits per heavy atom. The summed E-state index contributed by atoms with van der Waals surface area (Å²) >= 11 is 5.20. The first-order valence-electron chi connectivity index (χ1n) is 9.10. The predicted octanol–water partition coefficient (Wildman–Crippen LogP) is 3.98.